The standard InChI is InChI=1S/C10H8ClF3N2S/c1-4-5(2)17-9-7(4)8(11)15-6(16-9)3-10(12,13)14/h3H2,1-2H3. The Kier molecular flexibility index (Phi) is 3.03. The molecule has 2 aromatic rings. The van der Waals surface area contributed by atoms with E-state index in [0.717, 1.165) is 10.4 Å². The number of alkyl halides is 3. The van der Waals surface area contributed by atoms with Gasteiger partial charge in [0.05, 0.1) is 5.39 Å². The first-order valence-electron chi connectivity index (χ1n) is 4.77. The van der Waals surface area contributed by atoms with Gasteiger partial charge in [-0.15, -0.1) is 11.3 Å². The van der Waals surface area contributed by atoms with Gasteiger partial charge in [-0.3, -0.25) is 0 Å². The van der Waals surface area contributed by atoms with Gasteiger partial charge < -0.3 is 0 Å². The molecule has 2 heterocycles. The highest BCUT2D eigenvalue weighted by atomic mass is 35.5. The smallest absolute Gasteiger partial charge is 0.222 e. The molecule has 0 fully saturated rings. The molecule has 2 nitrogen and oxygen atoms in total. The Balaban J connectivity index is 2.56. The van der Waals surface area contributed by atoms with Crippen molar-refractivity contribution >= 4 is 33.2 Å². The van der Waals surface area contributed by atoms with Crippen molar-refractivity contribution in [2.24, 2.45) is 0 Å². The van der Waals surface area contributed by atoms with Gasteiger partial charge in [0.15, 0.2) is 0 Å². The van der Waals surface area contributed by atoms with E-state index in [2.05, 4.69) is 9.97 Å². The maximum Gasteiger partial charge on any atom is 0.396 e. The SMILES string of the molecule is Cc1sc2nc(CC(F)(F)F)nc(Cl)c2c1C. The molecule has 17 heavy (non-hydrogen) atoms. The van der Waals surface area contributed by atoms with Gasteiger partial charge in [0.1, 0.15) is 22.2 Å². The van der Waals surface area contributed by atoms with E-state index in [-0.39, 0.29) is 11.0 Å². The molecule has 0 bridgehead atoms. The molecule has 0 radical (unpaired) electrons. The third kappa shape index (κ3) is 2.52. The number of nitrogens with zero attached hydrogens (tertiary/aromatic N) is 2. The minimum absolute atomic E-state index is 0.0936. The molecule has 0 atom stereocenters. The number of halogens is 4. The second-order valence-electron chi connectivity index (χ2n) is 3.69. The third-order valence-electron chi connectivity index (χ3n) is 2.39. The molecular formula is C10H8ClF3N2S. The molecule has 2 rings (SSSR count). The van der Waals surface area contributed by atoms with E-state index in [9.17, 15) is 13.2 Å². The number of hydrogen-bond acceptors (Lipinski definition) is 3. The van der Waals surface area contributed by atoms with E-state index in [1.54, 1.807) is 0 Å². The summed E-state index contributed by atoms with van der Waals surface area (Å²) in [4.78, 5) is 9.11. The molecule has 7 heteroatoms. The van der Waals surface area contributed by atoms with Crippen LogP contribution in [0.2, 0.25) is 5.15 Å². The van der Waals surface area contributed by atoms with E-state index < -0.39 is 12.6 Å². The zero-order valence-corrected chi connectivity index (χ0v) is 10.6. The number of rotatable bonds is 1. The highest BCUT2D eigenvalue weighted by Crippen LogP contribution is 2.33. The molecule has 0 aliphatic carbocycles. The molecule has 0 amide bonds. The number of aromatic nitrogens is 2. The van der Waals surface area contributed by atoms with Crippen molar-refractivity contribution in [3.05, 3.63) is 21.4 Å². The fourth-order valence-corrected chi connectivity index (χ4v) is 2.93. The Morgan fingerprint density at radius 3 is 2.47 bits per heavy atom. The van der Waals surface area contributed by atoms with Gasteiger partial charge in [-0.25, -0.2) is 9.97 Å². The van der Waals surface area contributed by atoms with Gasteiger partial charge in [-0.05, 0) is 19.4 Å². The van der Waals surface area contributed by atoms with Gasteiger partial charge in [-0.1, -0.05) is 11.6 Å². The Morgan fingerprint density at radius 1 is 1.24 bits per heavy atom. The predicted octanol–water partition coefficient (Wildman–Crippen LogP) is 4.07. The maximum atomic E-state index is 12.2. The Labute approximate surface area is 104 Å². The van der Waals surface area contributed by atoms with Crippen LogP contribution in [0.1, 0.15) is 16.3 Å². The topological polar surface area (TPSA) is 25.8 Å². The van der Waals surface area contributed by atoms with Crippen LogP contribution in [0.25, 0.3) is 10.2 Å². The minimum atomic E-state index is -4.32. The van der Waals surface area contributed by atoms with Crippen molar-refractivity contribution in [1.29, 1.82) is 0 Å². The van der Waals surface area contributed by atoms with Crippen LogP contribution in [0.4, 0.5) is 13.2 Å². The first kappa shape index (κ1) is 12.6. The fourth-order valence-electron chi connectivity index (χ4n) is 1.50. The lowest BCUT2D eigenvalue weighted by molar-refractivity contribution is -0.128. The van der Waals surface area contributed by atoms with Gasteiger partial charge in [-0.2, -0.15) is 13.2 Å². The van der Waals surface area contributed by atoms with E-state index in [1.807, 2.05) is 13.8 Å². The van der Waals surface area contributed by atoms with E-state index in [0.29, 0.717) is 10.2 Å². The van der Waals surface area contributed by atoms with Crippen LogP contribution >= 0.6 is 22.9 Å². The Bertz CT molecular complexity index is 577. The number of fused-ring (bicyclic) bond motifs is 1. The summed E-state index contributed by atoms with van der Waals surface area (Å²) in [5.41, 5.74) is 0.925. The van der Waals surface area contributed by atoms with Crippen LogP contribution < -0.4 is 0 Å². The normalized spacial score (nSPS) is 12.4. The van der Waals surface area contributed by atoms with Crippen molar-refractivity contribution in [2.45, 2.75) is 26.4 Å². The lowest BCUT2D eigenvalue weighted by Crippen LogP contribution is -2.14. The van der Waals surface area contributed by atoms with Crippen LogP contribution in [-0.2, 0) is 6.42 Å². The Hall–Kier alpha value is -0.880. The molecule has 0 unspecified atom stereocenters. The lowest BCUT2D eigenvalue weighted by atomic mass is 10.2. The first-order chi connectivity index (χ1) is 7.78. The van der Waals surface area contributed by atoms with Crippen molar-refractivity contribution < 1.29 is 13.2 Å². The average molecular weight is 281 g/mol. The summed E-state index contributed by atoms with van der Waals surface area (Å²) in [5, 5.41) is 0.746. The summed E-state index contributed by atoms with van der Waals surface area (Å²) in [6.45, 7) is 3.73. The lowest BCUT2D eigenvalue weighted by Gasteiger charge is -2.05. The van der Waals surface area contributed by atoms with Gasteiger partial charge >= 0.3 is 6.18 Å². The molecular weight excluding hydrogens is 273 g/mol. The average Bonchev–Trinajstić information content (AvgIpc) is 2.39. The number of hydrogen-bond donors (Lipinski definition) is 0. The fraction of sp³-hybridized carbons (Fsp3) is 0.400. The molecule has 0 spiro atoms. The molecule has 0 aliphatic heterocycles. The summed E-state index contributed by atoms with van der Waals surface area (Å²) < 4.78 is 36.7. The maximum absolute atomic E-state index is 12.2. The number of thiophene rings is 1. The summed E-state index contributed by atoms with van der Waals surface area (Å²) in [5.74, 6) is -0.281. The van der Waals surface area contributed by atoms with E-state index in [1.165, 1.54) is 11.3 Å². The summed E-state index contributed by atoms with van der Waals surface area (Å²) in [6.07, 6.45) is -5.48. The summed E-state index contributed by atoms with van der Waals surface area (Å²) in [7, 11) is 0. The monoisotopic (exact) mass is 280 g/mol. The van der Waals surface area contributed by atoms with E-state index in [4.69, 9.17) is 11.6 Å². The Morgan fingerprint density at radius 2 is 1.88 bits per heavy atom. The van der Waals surface area contributed by atoms with Crippen LogP contribution in [0, 0.1) is 13.8 Å². The molecule has 0 aliphatic rings. The van der Waals surface area contributed by atoms with Gasteiger partial charge in [0, 0.05) is 4.88 Å². The molecule has 92 valence electrons. The van der Waals surface area contributed by atoms with Crippen LogP contribution in [0.15, 0.2) is 0 Å². The highest BCUT2D eigenvalue weighted by Gasteiger charge is 2.30. The van der Waals surface area contributed by atoms with Gasteiger partial charge in [0.2, 0.25) is 0 Å². The summed E-state index contributed by atoms with van der Waals surface area (Å²) >= 11 is 7.23. The zero-order valence-electron chi connectivity index (χ0n) is 9.02. The molecule has 0 saturated heterocycles. The van der Waals surface area contributed by atoms with Crippen molar-refractivity contribution in [3.8, 4) is 0 Å². The quantitative estimate of drug-likeness (QED) is 0.736. The van der Waals surface area contributed by atoms with Crippen LogP contribution in [0.5, 0.6) is 0 Å². The van der Waals surface area contributed by atoms with Crippen molar-refractivity contribution in [1.82, 2.24) is 9.97 Å². The molecule has 2 aromatic heterocycles. The molecule has 0 N–H and O–H groups in total. The van der Waals surface area contributed by atoms with Crippen molar-refractivity contribution in [2.75, 3.05) is 0 Å². The first-order valence-corrected chi connectivity index (χ1v) is 5.96. The third-order valence-corrected chi connectivity index (χ3v) is 3.76. The second kappa shape index (κ2) is 4.10. The van der Waals surface area contributed by atoms with Crippen molar-refractivity contribution in [3.63, 3.8) is 0 Å². The highest BCUT2D eigenvalue weighted by molar-refractivity contribution is 7.18. The van der Waals surface area contributed by atoms with Crippen LogP contribution in [-0.4, -0.2) is 16.1 Å². The summed E-state index contributed by atoms with van der Waals surface area (Å²) in [6, 6.07) is 0. The molecule has 0 saturated carbocycles. The van der Waals surface area contributed by atoms with E-state index >= 15 is 0 Å². The zero-order chi connectivity index (χ0) is 12.8. The predicted molar refractivity (Wildman–Crippen MR) is 61.7 cm³/mol. The minimum Gasteiger partial charge on any atom is -0.222 e. The molecule has 0 aromatic carbocycles. The number of aryl methyl sites for hydroxylation is 2. The largest absolute Gasteiger partial charge is 0.396 e. The van der Waals surface area contributed by atoms with Crippen LogP contribution in [0.3, 0.4) is 0 Å². The van der Waals surface area contributed by atoms with Gasteiger partial charge in [0.25, 0.3) is 0 Å². The second-order valence-corrected chi connectivity index (χ2v) is 5.25.